The predicted molar refractivity (Wildman–Crippen MR) is 102 cm³/mol. The highest BCUT2D eigenvalue weighted by Gasteiger charge is 2.37. The molecule has 1 heterocycles. The van der Waals surface area contributed by atoms with Gasteiger partial charge in [0.05, 0.1) is 19.6 Å². The van der Waals surface area contributed by atoms with E-state index in [9.17, 15) is 22.8 Å². The van der Waals surface area contributed by atoms with Crippen molar-refractivity contribution in [2.75, 3.05) is 18.6 Å². The van der Waals surface area contributed by atoms with E-state index in [1.54, 1.807) is 13.8 Å². The van der Waals surface area contributed by atoms with Crippen LogP contribution in [0.5, 0.6) is 5.75 Å². The van der Waals surface area contributed by atoms with Gasteiger partial charge in [-0.2, -0.15) is 18.3 Å². The number of alkyl halides is 3. The quantitative estimate of drug-likeness (QED) is 0.276. The summed E-state index contributed by atoms with van der Waals surface area (Å²) in [4.78, 5) is 27.6. The summed E-state index contributed by atoms with van der Waals surface area (Å²) < 4.78 is 49.8. The molecule has 2 aromatic rings. The molecule has 0 fully saturated rings. The molecule has 0 aliphatic rings. The van der Waals surface area contributed by atoms with E-state index in [0.29, 0.717) is 12.4 Å². The second-order valence-corrected chi connectivity index (χ2v) is 6.34. The predicted octanol–water partition coefficient (Wildman–Crippen LogP) is 4.32. The Morgan fingerprint density at radius 1 is 1.17 bits per heavy atom. The molecule has 0 aliphatic carbocycles. The molecule has 0 spiro atoms. The van der Waals surface area contributed by atoms with Crippen molar-refractivity contribution in [3.63, 3.8) is 0 Å². The Balaban J connectivity index is 2.11. The van der Waals surface area contributed by atoms with Crippen LogP contribution < -0.4 is 10.2 Å². The number of ether oxygens (including phenoxy) is 2. The van der Waals surface area contributed by atoms with Gasteiger partial charge in [-0.3, -0.25) is 10.2 Å². The van der Waals surface area contributed by atoms with Crippen LogP contribution in [0.15, 0.2) is 34.7 Å². The lowest BCUT2D eigenvalue weighted by Gasteiger charge is -2.10. The zero-order valence-corrected chi connectivity index (χ0v) is 16.4. The smallest absolute Gasteiger partial charge is 0.431 e. The van der Waals surface area contributed by atoms with Gasteiger partial charge < -0.3 is 9.47 Å². The van der Waals surface area contributed by atoms with Gasteiger partial charge >= 0.3 is 12.1 Å². The highest BCUT2D eigenvalue weighted by atomic mass is 32.1. The molecule has 2 rings (SSSR count). The topological polar surface area (TPSA) is 89.9 Å². The number of thiazole rings is 1. The van der Waals surface area contributed by atoms with E-state index in [0.717, 1.165) is 11.3 Å². The van der Waals surface area contributed by atoms with Gasteiger partial charge in [-0.1, -0.05) is 0 Å². The van der Waals surface area contributed by atoms with Crippen LogP contribution in [0, 0.1) is 0 Å². The summed E-state index contributed by atoms with van der Waals surface area (Å²) in [6.45, 7) is 3.97. The number of nitrogens with one attached hydrogen (secondary N) is 1. The van der Waals surface area contributed by atoms with Crippen molar-refractivity contribution in [2.45, 2.75) is 26.4 Å². The van der Waals surface area contributed by atoms with Crippen molar-refractivity contribution >= 4 is 33.9 Å². The van der Waals surface area contributed by atoms with Crippen LogP contribution in [0.2, 0.25) is 0 Å². The van der Waals surface area contributed by atoms with Gasteiger partial charge in [-0.25, -0.2) is 9.78 Å². The van der Waals surface area contributed by atoms with E-state index in [1.807, 2.05) is 0 Å². The molecular weight excluding hydrogens is 411 g/mol. The van der Waals surface area contributed by atoms with Crippen molar-refractivity contribution in [3.05, 3.63) is 40.9 Å². The van der Waals surface area contributed by atoms with Gasteiger partial charge in [-0.05, 0) is 38.1 Å². The van der Waals surface area contributed by atoms with Crippen LogP contribution in [0.1, 0.15) is 41.1 Å². The lowest BCUT2D eigenvalue weighted by molar-refractivity contribution is -0.0602. The number of rotatable bonds is 9. The molecule has 7 nitrogen and oxygen atoms in total. The van der Waals surface area contributed by atoms with E-state index in [4.69, 9.17) is 9.47 Å². The first-order chi connectivity index (χ1) is 13.7. The minimum atomic E-state index is -4.82. The number of ketones is 1. The number of esters is 1. The van der Waals surface area contributed by atoms with Gasteiger partial charge in [0.25, 0.3) is 0 Å². The normalized spacial score (nSPS) is 11.8. The molecule has 0 aliphatic heterocycles. The molecule has 0 saturated heterocycles. The zero-order valence-electron chi connectivity index (χ0n) is 15.6. The molecule has 0 radical (unpaired) electrons. The third-order valence-electron chi connectivity index (χ3n) is 3.42. The van der Waals surface area contributed by atoms with Gasteiger partial charge in [0.2, 0.25) is 5.13 Å². The van der Waals surface area contributed by atoms with E-state index < -0.39 is 30.1 Å². The Morgan fingerprint density at radius 2 is 1.86 bits per heavy atom. The fourth-order valence-corrected chi connectivity index (χ4v) is 2.72. The minimum absolute atomic E-state index is 0.0386. The fourth-order valence-electron chi connectivity index (χ4n) is 2.10. The van der Waals surface area contributed by atoms with Gasteiger partial charge in [-0.15, -0.1) is 11.3 Å². The van der Waals surface area contributed by atoms with Crippen molar-refractivity contribution in [1.29, 1.82) is 0 Å². The number of Topliss-reactive ketones (excluding diaryl/α,β-unsaturated/α-hetero) is 1. The summed E-state index contributed by atoms with van der Waals surface area (Å²) in [6.07, 6.45) is -5.78. The Labute approximate surface area is 168 Å². The molecule has 0 saturated carbocycles. The van der Waals surface area contributed by atoms with E-state index >= 15 is 0 Å². The zero-order chi connectivity index (χ0) is 21.4. The Morgan fingerprint density at radius 3 is 2.45 bits per heavy atom. The van der Waals surface area contributed by atoms with Crippen LogP contribution in [0.3, 0.4) is 0 Å². The second-order valence-electron chi connectivity index (χ2n) is 5.48. The molecule has 0 bridgehead atoms. The maximum absolute atomic E-state index is 13.3. The maximum Gasteiger partial charge on any atom is 0.431 e. The van der Waals surface area contributed by atoms with Crippen LogP contribution in [0.4, 0.5) is 18.3 Å². The van der Waals surface area contributed by atoms with Gasteiger partial charge in [0.15, 0.2) is 11.5 Å². The largest absolute Gasteiger partial charge is 0.494 e. The Bertz CT molecular complexity index is 879. The Hall–Kier alpha value is -2.95. The second kappa shape index (κ2) is 10.0. The number of halogens is 3. The highest BCUT2D eigenvalue weighted by Crippen LogP contribution is 2.23. The Kier molecular flexibility index (Phi) is 7.71. The van der Waals surface area contributed by atoms with Crippen LogP contribution in [-0.4, -0.2) is 41.8 Å². The number of hydrazone groups is 1. The summed E-state index contributed by atoms with van der Waals surface area (Å²) in [5.74, 6) is -0.934. The molecule has 1 N–H and O–H groups in total. The summed E-state index contributed by atoms with van der Waals surface area (Å²) in [5, 5.41) is 4.58. The summed E-state index contributed by atoms with van der Waals surface area (Å²) in [6, 6.07) is 5.79. The number of carbonyl (C=O) groups excluding carboxylic acids is 2. The number of hydrogen-bond donors (Lipinski definition) is 1. The standard InChI is InChI=1S/C18H18F3N3O4S/c1-3-27-12-7-5-11(6-8-12)14(25)9-15(18(19,20)21)23-24-17-22-13(10-29-17)16(26)28-4-2/h5-8,10H,3-4,9H2,1-2H3,(H,22,24). The number of hydrogen-bond acceptors (Lipinski definition) is 8. The number of benzene rings is 1. The number of anilines is 1. The molecule has 1 aromatic heterocycles. The van der Waals surface area contributed by atoms with Crippen molar-refractivity contribution < 1.29 is 32.2 Å². The summed E-state index contributed by atoms with van der Waals surface area (Å²) in [7, 11) is 0. The highest BCUT2D eigenvalue weighted by molar-refractivity contribution is 7.13. The SMILES string of the molecule is CCOC(=O)c1csc(NN=C(CC(=O)c2ccc(OCC)cc2)C(F)(F)F)n1. The first-order valence-electron chi connectivity index (χ1n) is 8.53. The first-order valence-corrected chi connectivity index (χ1v) is 9.41. The van der Waals surface area contributed by atoms with E-state index in [1.165, 1.54) is 29.6 Å². The van der Waals surface area contributed by atoms with Gasteiger partial charge in [0.1, 0.15) is 11.5 Å². The molecular formula is C18H18F3N3O4S. The average molecular weight is 429 g/mol. The average Bonchev–Trinajstić information content (AvgIpc) is 3.14. The molecule has 11 heteroatoms. The number of nitrogens with zero attached hydrogens (tertiary/aromatic N) is 2. The number of aromatic nitrogens is 1. The molecule has 0 atom stereocenters. The van der Waals surface area contributed by atoms with Crippen molar-refractivity contribution in [2.24, 2.45) is 5.10 Å². The molecule has 0 unspecified atom stereocenters. The van der Waals surface area contributed by atoms with E-state index in [2.05, 4.69) is 15.5 Å². The summed E-state index contributed by atoms with van der Waals surface area (Å²) in [5.41, 5.74) is 0.885. The first kappa shape index (κ1) is 22.3. The van der Waals surface area contributed by atoms with Gasteiger partial charge in [0, 0.05) is 10.9 Å². The monoisotopic (exact) mass is 429 g/mol. The number of carbonyl (C=O) groups is 2. The molecule has 156 valence electrons. The minimum Gasteiger partial charge on any atom is -0.494 e. The third kappa shape index (κ3) is 6.56. The lowest BCUT2D eigenvalue weighted by atomic mass is 10.1. The lowest BCUT2D eigenvalue weighted by Crippen LogP contribution is -2.27. The third-order valence-corrected chi connectivity index (χ3v) is 4.16. The van der Waals surface area contributed by atoms with Crippen LogP contribution in [0.25, 0.3) is 0 Å². The van der Waals surface area contributed by atoms with Crippen LogP contribution in [-0.2, 0) is 4.74 Å². The fraction of sp³-hybridized carbons (Fsp3) is 0.333. The van der Waals surface area contributed by atoms with Crippen molar-refractivity contribution in [1.82, 2.24) is 4.98 Å². The summed E-state index contributed by atoms with van der Waals surface area (Å²) >= 11 is 0.882. The van der Waals surface area contributed by atoms with E-state index in [-0.39, 0.29) is 23.0 Å². The molecule has 29 heavy (non-hydrogen) atoms. The molecule has 0 amide bonds. The maximum atomic E-state index is 13.3. The molecule has 1 aromatic carbocycles. The van der Waals surface area contributed by atoms with Crippen molar-refractivity contribution in [3.8, 4) is 5.75 Å². The van der Waals surface area contributed by atoms with Crippen LogP contribution >= 0.6 is 11.3 Å².